The minimum Gasteiger partial charge on any atom is -0.325 e. The monoisotopic (exact) mass is 436 g/mol. The van der Waals surface area contributed by atoms with Crippen molar-refractivity contribution < 1.29 is 0 Å². The summed E-state index contributed by atoms with van der Waals surface area (Å²) in [5.74, 6) is 0.576. The molecule has 0 unspecified atom stereocenters. The lowest BCUT2D eigenvalue weighted by atomic mass is 10.0. The molecule has 0 saturated carbocycles. The molecule has 4 nitrogen and oxygen atoms in total. The zero-order chi connectivity index (χ0) is 20.8. The molecule has 2 aromatic carbocycles. The van der Waals surface area contributed by atoms with Crippen LogP contribution in [0, 0.1) is 0 Å². The minimum atomic E-state index is -0.238. The van der Waals surface area contributed by atoms with Crippen molar-refractivity contribution in [3.8, 4) is 0 Å². The molecule has 0 radical (unpaired) electrons. The molecule has 1 aliphatic carbocycles. The molecule has 1 N–H and O–H groups in total. The van der Waals surface area contributed by atoms with Crippen LogP contribution in [0.4, 0.5) is 5.95 Å². The Morgan fingerprint density at radius 2 is 1.40 bits per heavy atom. The molecule has 0 spiro atoms. The summed E-state index contributed by atoms with van der Waals surface area (Å²) in [4.78, 5) is 7.89. The quantitative estimate of drug-likeness (QED) is 0.400. The first kappa shape index (κ1) is 20.6. The topological polar surface area (TPSA) is 53.4 Å². The molecule has 0 fully saturated rings. The van der Waals surface area contributed by atoms with Crippen LogP contribution >= 0.6 is 23.2 Å². The van der Waals surface area contributed by atoms with E-state index in [-0.39, 0.29) is 6.04 Å². The Bertz CT molecular complexity index is 985. The molecule has 0 aliphatic heterocycles. The molecule has 1 aromatic heterocycles. The summed E-state index contributed by atoms with van der Waals surface area (Å²) in [6.45, 7) is 0. The van der Waals surface area contributed by atoms with Gasteiger partial charge in [-0.2, -0.15) is 5.11 Å². The molecule has 152 valence electrons. The summed E-state index contributed by atoms with van der Waals surface area (Å²) in [5.41, 5.74) is 4.42. The van der Waals surface area contributed by atoms with Crippen LogP contribution in [0.1, 0.15) is 35.4 Å². The number of hydrogen-bond acceptors (Lipinski definition) is 3. The first-order chi connectivity index (χ1) is 14.7. The summed E-state index contributed by atoms with van der Waals surface area (Å²) in [6.07, 6.45) is 12.5. The Kier molecular flexibility index (Phi) is 6.77. The SMILES string of the molecule is Clc1ccc(C=CC(C=Cc2ccc(Cl)cc2)N=Nc2nc3c([nH]2)CCCC3)cc1. The van der Waals surface area contributed by atoms with Gasteiger partial charge in [0.05, 0.1) is 5.69 Å². The largest absolute Gasteiger partial charge is 0.325 e. The number of hydrogen-bond donors (Lipinski definition) is 1. The Morgan fingerprint density at radius 3 is 1.97 bits per heavy atom. The molecule has 4 rings (SSSR count). The Balaban J connectivity index is 1.54. The van der Waals surface area contributed by atoms with Crippen molar-refractivity contribution in [2.24, 2.45) is 10.2 Å². The highest BCUT2D eigenvalue weighted by molar-refractivity contribution is 6.30. The van der Waals surface area contributed by atoms with Gasteiger partial charge < -0.3 is 4.98 Å². The smallest absolute Gasteiger partial charge is 0.246 e. The molecule has 3 aromatic rings. The lowest BCUT2D eigenvalue weighted by Gasteiger charge is -2.07. The van der Waals surface area contributed by atoms with E-state index in [4.69, 9.17) is 23.2 Å². The number of imidazole rings is 1. The van der Waals surface area contributed by atoms with E-state index in [1.807, 2.05) is 72.8 Å². The first-order valence-electron chi connectivity index (χ1n) is 10.0. The molecule has 0 bridgehead atoms. The zero-order valence-electron chi connectivity index (χ0n) is 16.4. The van der Waals surface area contributed by atoms with Gasteiger partial charge in [0.15, 0.2) is 0 Å². The number of nitrogens with zero attached hydrogens (tertiary/aromatic N) is 3. The maximum Gasteiger partial charge on any atom is 0.246 e. The van der Waals surface area contributed by atoms with Gasteiger partial charge >= 0.3 is 0 Å². The predicted octanol–water partition coefficient (Wildman–Crippen LogP) is 7.47. The second-order valence-corrected chi connectivity index (χ2v) is 8.09. The fourth-order valence-corrected chi connectivity index (χ4v) is 3.57. The Morgan fingerprint density at radius 1 is 0.833 bits per heavy atom. The molecule has 1 aliphatic rings. The first-order valence-corrected chi connectivity index (χ1v) is 10.8. The summed E-state index contributed by atoms with van der Waals surface area (Å²) in [7, 11) is 0. The van der Waals surface area contributed by atoms with Gasteiger partial charge in [-0.1, -0.05) is 71.8 Å². The molecule has 0 amide bonds. The third-order valence-corrected chi connectivity index (χ3v) is 5.44. The number of benzene rings is 2. The molecule has 0 atom stereocenters. The van der Waals surface area contributed by atoms with E-state index in [0.717, 1.165) is 29.7 Å². The van der Waals surface area contributed by atoms with Crippen molar-refractivity contribution in [1.29, 1.82) is 0 Å². The predicted molar refractivity (Wildman–Crippen MR) is 125 cm³/mol. The van der Waals surface area contributed by atoms with Crippen LogP contribution in [0.2, 0.25) is 10.0 Å². The van der Waals surface area contributed by atoms with Crippen molar-refractivity contribution in [3.05, 3.63) is 93.2 Å². The number of nitrogens with one attached hydrogen (secondary N) is 1. The van der Waals surface area contributed by atoms with Crippen molar-refractivity contribution in [2.75, 3.05) is 0 Å². The van der Waals surface area contributed by atoms with Gasteiger partial charge in [0.1, 0.15) is 6.04 Å². The van der Waals surface area contributed by atoms with Crippen LogP contribution in [0.15, 0.2) is 70.9 Å². The second kappa shape index (κ2) is 9.88. The van der Waals surface area contributed by atoms with Gasteiger partial charge in [0.2, 0.25) is 5.95 Å². The number of azo groups is 1. The van der Waals surface area contributed by atoms with Crippen LogP contribution in [0.3, 0.4) is 0 Å². The molecule has 6 heteroatoms. The van der Waals surface area contributed by atoms with E-state index >= 15 is 0 Å². The third-order valence-electron chi connectivity index (χ3n) is 4.94. The van der Waals surface area contributed by atoms with Crippen LogP contribution in [0.5, 0.6) is 0 Å². The molecule has 30 heavy (non-hydrogen) atoms. The third kappa shape index (κ3) is 5.68. The van der Waals surface area contributed by atoms with E-state index in [9.17, 15) is 0 Å². The van der Waals surface area contributed by atoms with E-state index in [2.05, 4.69) is 20.2 Å². The average Bonchev–Trinajstić information content (AvgIpc) is 3.18. The number of halogens is 2. The molecule has 1 heterocycles. The minimum absolute atomic E-state index is 0.238. The maximum atomic E-state index is 5.98. The normalized spacial score (nSPS) is 15.3. The van der Waals surface area contributed by atoms with E-state index in [1.54, 1.807) is 0 Å². The summed E-state index contributed by atoms with van der Waals surface area (Å²) in [5, 5.41) is 10.3. The van der Waals surface area contributed by atoms with E-state index < -0.39 is 0 Å². The average molecular weight is 437 g/mol. The van der Waals surface area contributed by atoms with E-state index in [1.165, 1.54) is 18.5 Å². The lowest BCUT2D eigenvalue weighted by Crippen LogP contribution is -2.00. The fraction of sp³-hybridized carbons (Fsp3) is 0.208. The van der Waals surface area contributed by atoms with Gasteiger partial charge in [-0.25, -0.2) is 4.98 Å². The van der Waals surface area contributed by atoms with Gasteiger partial charge in [0.25, 0.3) is 0 Å². The number of fused-ring (bicyclic) bond motifs is 1. The van der Waals surface area contributed by atoms with Crippen LogP contribution in [0.25, 0.3) is 12.2 Å². The summed E-state index contributed by atoms with van der Waals surface area (Å²) in [6, 6.07) is 15.1. The lowest BCUT2D eigenvalue weighted by molar-refractivity contribution is 0.667. The van der Waals surface area contributed by atoms with Gasteiger partial charge in [-0.3, -0.25) is 0 Å². The number of aryl methyl sites for hydroxylation is 2. The number of aromatic nitrogens is 2. The highest BCUT2D eigenvalue weighted by atomic mass is 35.5. The van der Waals surface area contributed by atoms with Crippen LogP contribution in [-0.4, -0.2) is 16.0 Å². The standard InChI is InChI=1S/C24H22Cl2N4/c25-19-11-5-17(6-12-19)9-15-21(16-10-18-7-13-20(26)14-8-18)29-30-24-27-22-3-1-2-4-23(22)28-24/h5-16,21H,1-4H2,(H,27,28). The van der Waals surface area contributed by atoms with Gasteiger partial charge in [-0.15, -0.1) is 5.11 Å². The molecular weight excluding hydrogens is 415 g/mol. The van der Waals surface area contributed by atoms with Crippen molar-refractivity contribution in [3.63, 3.8) is 0 Å². The van der Waals surface area contributed by atoms with Crippen molar-refractivity contribution in [2.45, 2.75) is 31.7 Å². The summed E-state index contributed by atoms with van der Waals surface area (Å²) >= 11 is 12.0. The van der Waals surface area contributed by atoms with Gasteiger partial charge in [0, 0.05) is 15.7 Å². The van der Waals surface area contributed by atoms with E-state index in [0.29, 0.717) is 16.0 Å². The van der Waals surface area contributed by atoms with Crippen molar-refractivity contribution >= 4 is 41.3 Å². The Hall–Kier alpha value is -2.69. The fourth-order valence-electron chi connectivity index (χ4n) is 3.32. The van der Waals surface area contributed by atoms with Crippen LogP contribution in [-0.2, 0) is 12.8 Å². The van der Waals surface area contributed by atoms with Gasteiger partial charge in [-0.05, 0) is 61.1 Å². The Labute approximate surface area is 186 Å². The highest BCUT2D eigenvalue weighted by Crippen LogP contribution is 2.22. The maximum absolute atomic E-state index is 5.98. The van der Waals surface area contributed by atoms with Crippen LogP contribution < -0.4 is 0 Å². The zero-order valence-corrected chi connectivity index (χ0v) is 17.9. The summed E-state index contributed by atoms with van der Waals surface area (Å²) < 4.78 is 0. The second-order valence-electron chi connectivity index (χ2n) is 7.22. The number of H-pyrrole nitrogens is 1. The number of aromatic amines is 1. The molecular formula is C24H22Cl2N4. The highest BCUT2D eigenvalue weighted by Gasteiger charge is 2.14. The number of rotatable bonds is 6. The van der Waals surface area contributed by atoms with Crippen molar-refractivity contribution in [1.82, 2.24) is 9.97 Å². The molecule has 0 saturated heterocycles.